The molecular formula is C38H27N. The summed E-state index contributed by atoms with van der Waals surface area (Å²) in [4.78, 5) is 0. The molecule has 0 atom stereocenters. The van der Waals surface area contributed by atoms with Gasteiger partial charge in [-0.15, -0.1) is 0 Å². The number of allylic oxidation sites excluding steroid dienone is 4. The van der Waals surface area contributed by atoms with E-state index in [-0.39, 0.29) is 0 Å². The molecule has 7 aromatic rings. The first-order valence-corrected chi connectivity index (χ1v) is 13.8. The van der Waals surface area contributed by atoms with Crippen LogP contribution >= 0.6 is 0 Å². The summed E-state index contributed by atoms with van der Waals surface area (Å²) in [6.45, 7) is 0. The minimum Gasteiger partial charge on any atom is -0.309 e. The van der Waals surface area contributed by atoms with Crippen molar-refractivity contribution in [2.75, 3.05) is 0 Å². The molecule has 39 heavy (non-hydrogen) atoms. The fourth-order valence-electron chi connectivity index (χ4n) is 6.57. The molecule has 1 aromatic heterocycles. The zero-order valence-corrected chi connectivity index (χ0v) is 21.6. The van der Waals surface area contributed by atoms with Gasteiger partial charge in [-0.2, -0.15) is 0 Å². The zero-order chi connectivity index (χ0) is 25.8. The normalized spacial score (nSPS) is 13.5. The smallest absolute Gasteiger partial charge is 0.0541 e. The fourth-order valence-corrected chi connectivity index (χ4v) is 6.57. The van der Waals surface area contributed by atoms with Crippen LogP contribution in [0.4, 0.5) is 0 Å². The average Bonchev–Trinajstić information content (AvgIpc) is 3.35. The van der Waals surface area contributed by atoms with Crippen molar-refractivity contribution in [3.8, 4) is 16.8 Å². The molecule has 0 aliphatic heterocycles. The Hall–Kier alpha value is -4.88. The Labute approximate surface area is 227 Å². The van der Waals surface area contributed by atoms with E-state index in [1.165, 1.54) is 71.3 Å². The summed E-state index contributed by atoms with van der Waals surface area (Å²) in [7, 11) is 0. The van der Waals surface area contributed by atoms with Crippen molar-refractivity contribution in [2.24, 2.45) is 0 Å². The Morgan fingerprint density at radius 1 is 0.462 bits per heavy atom. The maximum Gasteiger partial charge on any atom is 0.0541 e. The number of fused-ring (bicyclic) bond motifs is 5. The lowest BCUT2D eigenvalue weighted by atomic mass is 9.84. The highest BCUT2D eigenvalue weighted by atomic mass is 15.0. The highest BCUT2D eigenvalue weighted by molar-refractivity contribution is 6.19. The number of aromatic nitrogens is 1. The molecule has 0 bridgehead atoms. The first kappa shape index (κ1) is 22.1. The van der Waals surface area contributed by atoms with Gasteiger partial charge >= 0.3 is 0 Å². The van der Waals surface area contributed by atoms with Crippen LogP contribution in [-0.2, 0) is 0 Å². The van der Waals surface area contributed by atoms with Gasteiger partial charge in [-0.1, -0.05) is 115 Å². The quantitative estimate of drug-likeness (QED) is 0.214. The van der Waals surface area contributed by atoms with Crippen molar-refractivity contribution in [2.45, 2.75) is 12.8 Å². The lowest BCUT2D eigenvalue weighted by molar-refractivity contribution is 1.06. The van der Waals surface area contributed by atoms with Crippen LogP contribution in [0.25, 0.3) is 65.7 Å². The highest BCUT2D eigenvalue weighted by Gasteiger charge is 2.18. The third-order valence-corrected chi connectivity index (χ3v) is 8.26. The van der Waals surface area contributed by atoms with Gasteiger partial charge < -0.3 is 4.57 Å². The molecule has 0 unspecified atom stereocenters. The van der Waals surface area contributed by atoms with Crippen LogP contribution in [0.1, 0.15) is 18.4 Å². The van der Waals surface area contributed by atoms with Crippen LogP contribution in [0.2, 0.25) is 0 Å². The van der Waals surface area contributed by atoms with E-state index in [9.17, 15) is 0 Å². The molecule has 6 aromatic carbocycles. The summed E-state index contributed by atoms with van der Waals surface area (Å²) in [6, 6.07) is 44.4. The SMILES string of the molecule is C1=CCCC(c2c3ccccc3c(-c3ccc(-n4c5ccccc5c5ccccc54)cc3)c3ccccc23)=C1. The molecule has 0 saturated carbocycles. The summed E-state index contributed by atoms with van der Waals surface area (Å²) in [5.41, 5.74) is 9.03. The van der Waals surface area contributed by atoms with Gasteiger partial charge in [0.05, 0.1) is 11.0 Å². The van der Waals surface area contributed by atoms with Gasteiger partial charge in [0, 0.05) is 16.5 Å². The van der Waals surface area contributed by atoms with E-state index in [0.717, 1.165) is 12.8 Å². The van der Waals surface area contributed by atoms with E-state index in [4.69, 9.17) is 0 Å². The Balaban J connectivity index is 1.37. The molecular weight excluding hydrogens is 470 g/mol. The van der Waals surface area contributed by atoms with Gasteiger partial charge in [0.15, 0.2) is 0 Å². The van der Waals surface area contributed by atoms with Crippen molar-refractivity contribution in [1.29, 1.82) is 0 Å². The van der Waals surface area contributed by atoms with Gasteiger partial charge in [-0.3, -0.25) is 0 Å². The number of hydrogen-bond acceptors (Lipinski definition) is 0. The summed E-state index contributed by atoms with van der Waals surface area (Å²) in [5, 5.41) is 7.87. The first-order valence-electron chi connectivity index (χ1n) is 13.8. The molecule has 184 valence electrons. The van der Waals surface area contributed by atoms with Crippen LogP contribution < -0.4 is 0 Å². The summed E-state index contributed by atoms with van der Waals surface area (Å²) < 4.78 is 2.39. The van der Waals surface area contributed by atoms with Crippen molar-refractivity contribution in [1.82, 2.24) is 4.57 Å². The van der Waals surface area contributed by atoms with E-state index < -0.39 is 0 Å². The molecule has 8 rings (SSSR count). The van der Waals surface area contributed by atoms with E-state index in [2.05, 4.69) is 144 Å². The lowest BCUT2D eigenvalue weighted by Crippen LogP contribution is -1.96. The maximum atomic E-state index is 2.39. The van der Waals surface area contributed by atoms with Crippen molar-refractivity contribution >= 4 is 48.9 Å². The van der Waals surface area contributed by atoms with Crippen LogP contribution in [0, 0.1) is 0 Å². The molecule has 1 heteroatoms. The van der Waals surface area contributed by atoms with Gasteiger partial charge in [-0.25, -0.2) is 0 Å². The third-order valence-electron chi connectivity index (χ3n) is 8.26. The van der Waals surface area contributed by atoms with Gasteiger partial charge in [0.2, 0.25) is 0 Å². The van der Waals surface area contributed by atoms with Gasteiger partial charge in [0.1, 0.15) is 0 Å². The molecule has 0 amide bonds. The fraction of sp³-hybridized carbons (Fsp3) is 0.0526. The molecule has 1 nitrogen and oxygen atoms in total. The van der Waals surface area contributed by atoms with Crippen molar-refractivity contribution in [3.05, 3.63) is 145 Å². The molecule has 0 radical (unpaired) electrons. The second kappa shape index (κ2) is 8.85. The average molecular weight is 498 g/mol. The lowest BCUT2D eigenvalue weighted by Gasteiger charge is -2.20. The molecule has 1 aliphatic carbocycles. The minimum absolute atomic E-state index is 1.08. The standard InChI is InChI=1S/C38H27N/c1-2-12-26(13-3-1)37-31-16-4-6-18-33(31)38(34-19-7-5-17-32(34)37)27-22-24-28(25-23-27)39-35-20-10-8-14-29(35)30-15-9-11-21-36(30)39/h1-2,4-12,14-25H,3,13H2. The Bertz CT molecular complexity index is 1990. The predicted molar refractivity (Wildman–Crippen MR) is 168 cm³/mol. The second-order valence-electron chi connectivity index (χ2n) is 10.4. The Kier molecular flexibility index (Phi) is 5.03. The topological polar surface area (TPSA) is 4.93 Å². The van der Waals surface area contributed by atoms with E-state index in [1.807, 2.05) is 0 Å². The molecule has 1 heterocycles. The molecule has 1 aliphatic rings. The number of para-hydroxylation sites is 2. The number of hydrogen-bond donors (Lipinski definition) is 0. The van der Waals surface area contributed by atoms with Crippen LogP contribution in [-0.4, -0.2) is 4.57 Å². The minimum atomic E-state index is 1.08. The Morgan fingerprint density at radius 2 is 0.949 bits per heavy atom. The predicted octanol–water partition coefficient (Wildman–Crippen LogP) is 10.5. The van der Waals surface area contributed by atoms with Crippen LogP contribution in [0.15, 0.2) is 140 Å². The van der Waals surface area contributed by atoms with Crippen molar-refractivity contribution in [3.63, 3.8) is 0 Å². The van der Waals surface area contributed by atoms with E-state index in [1.54, 1.807) is 0 Å². The summed E-state index contributed by atoms with van der Waals surface area (Å²) in [6.07, 6.45) is 8.96. The zero-order valence-electron chi connectivity index (χ0n) is 21.6. The first-order chi connectivity index (χ1) is 19.4. The second-order valence-corrected chi connectivity index (χ2v) is 10.4. The van der Waals surface area contributed by atoms with Gasteiger partial charge in [-0.05, 0) is 80.9 Å². The van der Waals surface area contributed by atoms with E-state index in [0.29, 0.717) is 0 Å². The molecule has 0 spiro atoms. The van der Waals surface area contributed by atoms with Crippen LogP contribution in [0.5, 0.6) is 0 Å². The maximum absolute atomic E-state index is 2.39. The molecule has 0 N–H and O–H groups in total. The largest absolute Gasteiger partial charge is 0.309 e. The number of benzene rings is 6. The van der Waals surface area contributed by atoms with Gasteiger partial charge in [0.25, 0.3) is 0 Å². The summed E-state index contributed by atoms with van der Waals surface area (Å²) >= 11 is 0. The highest BCUT2D eigenvalue weighted by Crippen LogP contribution is 2.43. The van der Waals surface area contributed by atoms with Crippen LogP contribution in [0.3, 0.4) is 0 Å². The monoisotopic (exact) mass is 497 g/mol. The van der Waals surface area contributed by atoms with Crippen molar-refractivity contribution < 1.29 is 0 Å². The number of rotatable bonds is 3. The Morgan fingerprint density at radius 3 is 1.46 bits per heavy atom. The van der Waals surface area contributed by atoms with E-state index >= 15 is 0 Å². The third kappa shape index (κ3) is 3.40. The summed E-state index contributed by atoms with van der Waals surface area (Å²) in [5.74, 6) is 0. The number of nitrogens with zero attached hydrogens (tertiary/aromatic N) is 1. The molecule has 0 saturated heterocycles. The molecule has 0 fully saturated rings.